The normalized spacial score (nSPS) is 10.2. The molecule has 1 aromatic heterocycles. The minimum atomic E-state index is -0.703. The van der Waals surface area contributed by atoms with Crippen LogP contribution in [0.1, 0.15) is 0 Å². The zero-order valence-electron chi connectivity index (χ0n) is 10.1. The van der Waals surface area contributed by atoms with E-state index in [-0.39, 0.29) is 17.6 Å². The minimum Gasteiger partial charge on any atom is -0.430 e. The van der Waals surface area contributed by atoms with E-state index in [0.29, 0.717) is 4.47 Å². The standard InChI is InChI=1S/C11H8BrFN4O3/c1-14-11-15-5-8(17(18)19)10(16-11)20-9-3-2-6(12)4-7(9)13/h2-5H,1H3,(H,14,15,16). The van der Waals surface area contributed by atoms with E-state index < -0.39 is 16.4 Å². The first-order valence-electron chi connectivity index (χ1n) is 5.33. The second kappa shape index (κ2) is 5.78. The summed E-state index contributed by atoms with van der Waals surface area (Å²) in [5.41, 5.74) is -0.452. The molecule has 0 saturated heterocycles. The Balaban J connectivity index is 2.43. The van der Waals surface area contributed by atoms with Crippen molar-refractivity contribution in [2.24, 2.45) is 0 Å². The van der Waals surface area contributed by atoms with Crippen molar-refractivity contribution in [2.45, 2.75) is 0 Å². The molecule has 0 aliphatic heterocycles. The first-order chi connectivity index (χ1) is 9.51. The second-order valence-electron chi connectivity index (χ2n) is 3.57. The van der Waals surface area contributed by atoms with E-state index in [1.54, 1.807) is 13.1 Å². The third kappa shape index (κ3) is 2.99. The molecule has 0 amide bonds. The number of ether oxygens (including phenoxy) is 1. The SMILES string of the molecule is CNc1ncc([N+](=O)[O-])c(Oc2ccc(Br)cc2F)n1. The first kappa shape index (κ1) is 14.1. The van der Waals surface area contributed by atoms with Crippen molar-refractivity contribution >= 4 is 27.6 Å². The summed E-state index contributed by atoms with van der Waals surface area (Å²) in [6.07, 6.45) is 0.991. The molecule has 20 heavy (non-hydrogen) atoms. The molecule has 0 bridgehead atoms. The van der Waals surface area contributed by atoms with E-state index in [1.165, 1.54) is 12.1 Å². The van der Waals surface area contributed by atoms with Gasteiger partial charge >= 0.3 is 11.6 Å². The molecule has 0 radical (unpaired) electrons. The van der Waals surface area contributed by atoms with Crippen molar-refractivity contribution in [3.05, 3.63) is 44.8 Å². The fraction of sp³-hybridized carbons (Fsp3) is 0.0909. The van der Waals surface area contributed by atoms with Gasteiger partial charge in [0.2, 0.25) is 5.95 Å². The molecule has 0 saturated carbocycles. The van der Waals surface area contributed by atoms with Gasteiger partial charge < -0.3 is 10.1 Å². The lowest BCUT2D eigenvalue weighted by Crippen LogP contribution is -2.02. The molecule has 0 atom stereocenters. The third-order valence-corrected chi connectivity index (χ3v) is 2.75. The zero-order valence-corrected chi connectivity index (χ0v) is 11.7. The molecule has 0 fully saturated rings. The van der Waals surface area contributed by atoms with Crippen LogP contribution < -0.4 is 10.1 Å². The summed E-state index contributed by atoms with van der Waals surface area (Å²) in [7, 11) is 1.55. The Morgan fingerprint density at radius 2 is 2.25 bits per heavy atom. The maximum absolute atomic E-state index is 13.7. The second-order valence-corrected chi connectivity index (χ2v) is 4.48. The van der Waals surface area contributed by atoms with E-state index >= 15 is 0 Å². The molecule has 0 spiro atoms. The average molecular weight is 343 g/mol. The first-order valence-corrected chi connectivity index (χ1v) is 6.12. The van der Waals surface area contributed by atoms with E-state index in [2.05, 4.69) is 31.2 Å². The van der Waals surface area contributed by atoms with Gasteiger partial charge in [-0.3, -0.25) is 10.1 Å². The molecule has 0 aliphatic rings. The molecule has 0 unspecified atom stereocenters. The summed E-state index contributed by atoms with van der Waals surface area (Å²) < 4.78 is 19.4. The van der Waals surface area contributed by atoms with Crippen LogP contribution in [0.2, 0.25) is 0 Å². The Kier molecular flexibility index (Phi) is 4.08. The van der Waals surface area contributed by atoms with Crippen LogP contribution >= 0.6 is 15.9 Å². The van der Waals surface area contributed by atoms with Gasteiger partial charge in [-0.1, -0.05) is 15.9 Å². The topological polar surface area (TPSA) is 90.2 Å². The Morgan fingerprint density at radius 3 is 2.85 bits per heavy atom. The van der Waals surface area contributed by atoms with Gasteiger partial charge in [-0.15, -0.1) is 0 Å². The third-order valence-electron chi connectivity index (χ3n) is 2.26. The van der Waals surface area contributed by atoms with Crippen molar-refractivity contribution in [1.29, 1.82) is 0 Å². The maximum Gasteiger partial charge on any atom is 0.349 e. The van der Waals surface area contributed by atoms with Crippen LogP contribution in [0.25, 0.3) is 0 Å². The van der Waals surface area contributed by atoms with Crippen LogP contribution in [-0.2, 0) is 0 Å². The molecule has 7 nitrogen and oxygen atoms in total. The van der Waals surface area contributed by atoms with Crippen molar-refractivity contribution < 1.29 is 14.1 Å². The van der Waals surface area contributed by atoms with Crippen molar-refractivity contribution in [3.8, 4) is 11.6 Å². The quantitative estimate of drug-likeness (QED) is 0.678. The van der Waals surface area contributed by atoms with Gasteiger partial charge in [0.1, 0.15) is 6.20 Å². The molecule has 1 N–H and O–H groups in total. The molecule has 0 aliphatic carbocycles. The molecule has 2 rings (SSSR count). The lowest BCUT2D eigenvalue weighted by molar-refractivity contribution is -0.386. The number of halogens is 2. The average Bonchev–Trinajstić information content (AvgIpc) is 2.41. The van der Waals surface area contributed by atoms with Crippen LogP contribution in [0.15, 0.2) is 28.9 Å². The Morgan fingerprint density at radius 1 is 1.50 bits per heavy atom. The number of nitro groups is 1. The van der Waals surface area contributed by atoms with Crippen LogP contribution in [0.4, 0.5) is 16.0 Å². The number of nitrogens with one attached hydrogen (secondary N) is 1. The number of nitrogens with zero attached hydrogens (tertiary/aromatic N) is 3. The Labute approximate surface area is 121 Å². The number of hydrogen-bond donors (Lipinski definition) is 1. The summed E-state index contributed by atoms with van der Waals surface area (Å²) in [6, 6.07) is 4.07. The summed E-state index contributed by atoms with van der Waals surface area (Å²) in [4.78, 5) is 17.7. The van der Waals surface area contributed by atoms with Crippen LogP contribution in [0, 0.1) is 15.9 Å². The van der Waals surface area contributed by atoms with E-state index in [1.807, 2.05) is 0 Å². The van der Waals surface area contributed by atoms with E-state index in [4.69, 9.17) is 4.74 Å². The van der Waals surface area contributed by atoms with E-state index in [9.17, 15) is 14.5 Å². The van der Waals surface area contributed by atoms with Gasteiger partial charge in [-0.05, 0) is 18.2 Å². The highest BCUT2D eigenvalue weighted by molar-refractivity contribution is 9.10. The van der Waals surface area contributed by atoms with Gasteiger partial charge in [-0.25, -0.2) is 9.37 Å². The maximum atomic E-state index is 13.7. The number of anilines is 1. The molecule has 1 aromatic carbocycles. The van der Waals surface area contributed by atoms with Gasteiger partial charge in [0.25, 0.3) is 0 Å². The predicted molar refractivity (Wildman–Crippen MR) is 72.4 cm³/mol. The summed E-state index contributed by atoms with van der Waals surface area (Å²) in [5, 5.41) is 13.5. The Bertz CT molecular complexity index is 668. The molecule has 104 valence electrons. The van der Waals surface area contributed by atoms with Crippen molar-refractivity contribution in [1.82, 2.24) is 9.97 Å². The summed E-state index contributed by atoms with van der Waals surface area (Å²) in [5.74, 6) is -1.05. The lowest BCUT2D eigenvalue weighted by Gasteiger charge is -2.07. The van der Waals surface area contributed by atoms with Crippen LogP contribution in [0.3, 0.4) is 0 Å². The molecule has 1 heterocycles. The predicted octanol–water partition coefficient (Wildman–Crippen LogP) is 3.12. The monoisotopic (exact) mass is 342 g/mol. The highest BCUT2D eigenvalue weighted by Crippen LogP contribution is 2.31. The van der Waals surface area contributed by atoms with Crippen LogP contribution in [-0.4, -0.2) is 21.9 Å². The summed E-state index contributed by atoms with van der Waals surface area (Å²) >= 11 is 3.10. The fourth-order valence-corrected chi connectivity index (χ4v) is 1.68. The number of aromatic nitrogens is 2. The summed E-state index contributed by atoms with van der Waals surface area (Å²) in [6.45, 7) is 0. The number of benzene rings is 1. The largest absolute Gasteiger partial charge is 0.430 e. The molecule has 2 aromatic rings. The highest BCUT2D eigenvalue weighted by Gasteiger charge is 2.20. The fourth-order valence-electron chi connectivity index (χ4n) is 1.34. The van der Waals surface area contributed by atoms with Crippen molar-refractivity contribution in [3.63, 3.8) is 0 Å². The van der Waals surface area contributed by atoms with Gasteiger partial charge in [0.05, 0.1) is 4.92 Å². The Hall–Kier alpha value is -2.29. The molecular formula is C11H8BrFN4O3. The smallest absolute Gasteiger partial charge is 0.349 e. The van der Waals surface area contributed by atoms with E-state index in [0.717, 1.165) is 6.20 Å². The number of hydrogen-bond acceptors (Lipinski definition) is 6. The number of rotatable bonds is 4. The van der Waals surface area contributed by atoms with Gasteiger partial charge in [0, 0.05) is 11.5 Å². The highest BCUT2D eigenvalue weighted by atomic mass is 79.9. The van der Waals surface area contributed by atoms with Gasteiger partial charge in [0.15, 0.2) is 11.6 Å². The molecule has 9 heteroatoms. The molecular weight excluding hydrogens is 335 g/mol. The zero-order chi connectivity index (χ0) is 14.7. The van der Waals surface area contributed by atoms with Crippen molar-refractivity contribution in [2.75, 3.05) is 12.4 Å². The van der Waals surface area contributed by atoms with Gasteiger partial charge in [-0.2, -0.15) is 4.98 Å². The lowest BCUT2D eigenvalue weighted by atomic mass is 10.3. The van der Waals surface area contributed by atoms with Crippen LogP contribution in [0.5, 0.6) is 11.6 Å². The minimum absolute atomic E-state index is 0.128.